The van der Waals surface area contributed by atoms with E-state index in [2.05, 4.69) is 5.32 Å². The van der Waals surface area contributed by atoms with Crippen LogP contribution in [0.3, 0.4) is 0 Å². The van der Waals surface area contributed by atoms with Crippen molar-refractivity contribution >= 4 is 17.5 Å². The van der Waals surface area contributed by atoms with E-state index in [9.17, 15) is 4.79 Å². The standard InChI is InChI=1S/C24H44ClNO3/c25-15-9-1-2-10-17-28-19-20-29-18-16-26-24(27)23(21-11-5-3-6-12-21)22-13-7-4-8-14-22/h21-23H,1-20H2,(H,26,27). The van der Waals surface area contributed by atoms with E-state index in [1.807, 2.05) is 0 Å². The molecule has 0 saturated heterocycles. The van der Waals surface area contributed by atoms with Crippen molar-refractivity contribution in [3.05, 3.63) is 0 Å². The molecule has 0 radical (unpaired) electrons. The zero-order valence-electron chi connectivity index (χ0n) is 18.5. The van der Waals surface area contributed by atoms with Crippen molar-refractivity contribution in [1.82, 2.24) is 5.32 Å². The number of hydrogen-bond donors (Lipinski definition) is 1. The summed E-state index contributed by atoms with van der Waals surface area (Å²) >= 11 is 5.67. The summed E-state index contributed by atoms with van der Waals surface area (Å²) < 4.78 is 11.2. The summed E-state index contributed by atoms with van der Waals surface area (Å²) in [7, 11) is 0. The van der Waals surface area contributed by atoms with E-state index in [-0.39, 0.29) is 5.92 Å². The maximum atomic E-state index is 13.0. The first-order valence-electron chi connectivity index (χ1n) is 12.3. The first kappa shape index (κ1) is 24.9. The van der Waals surface area contributed by atoms with Gasteiger partial charge >= 0.3 is 0 Å². The molecule has 4 nitrogen and oxygen atoms in total. The molecular weight excluding hydrogens is 386 g/mol. The van der Waals surface area contributed by atoms with Crippen LogP contribution in [0.25, 0.3) is 0 Å². The molecule has 0 unspecified atom stereocenters. The third kappa shape index (κ3) is 10.5. The van der Waals surface area contributed by atoms with E-state index in [1.165, 1.54) is 77.0 Å². The fourth-order valence-electron chi connectivity index (χ4n) is 5.14. The van der Waals surface area contributed by atoms with Crippen LogP contribution in [-0.4, -0.2) is 44.8 Å². The van der Waals surface area contributed by atoms with E-state index in [4.69, 9.17) is 21.1 Å². The largest absolute Gasteiger partial charge is 0.379 e. The lowest BCUT2D eigenvalue weighted by molar-refractivity contribution is -0.130. The van der Waals surface area contributed by atoms with Crippen molar-refractivity contribution < 1.29 is 14.3 Å². The molecule has 29 heavy (non-hydrogen) atoms. The van der Waals surface area contributed by atoms with Gasteiger partial charge in [0.1, 0.15) is 0 Å². The summed E-state index contributed by atoms with van der Waals surface area (Å²) in [6, 6.07) is 0. The predicted octanol–water partition coefficient (Wildman–Crippen LogP) is 5.71. The number of nitrogens with one attached hydrogen (secondary N) is 1. The molecule has 5 heteroatoms. The number of rotatable bonds is 15. The minimum Gasteiger partial charge on any atom is -0.379 e. The monoisotopic (exact) mass is 429 g/mol. The quantitative estimate of drug-likeness (QED) is 0.268. The number of carbonyl (C=O) groups excluding carboxylic acids is 1. The molecule has 0 atom stereocenters. The van der Waals surface area contributed by atoms with Gasteiger partial charge in [0.05, 0.1) is 19.8 Å². The Kier molecular flexibility index (Phi) is 14.1. The number of ether oxygens (including phenoxy) is 2. The number of carbonyl (C=O) groups is 1. The van der Waals surface area contributed by atoms with Gasteiger partial charge in [0, 0.05) is 24.9 Å². The average Bonchev–Trinajstić information content (AvgIpc) is 2.76. The van der Waals surface area contributed by atoms with Crippen molar-refractivity contribution in [2.24, 2.45) is 17.8 Å². The summed E-state index contributed by atoms with van der Waals surface area (Å²) in [5.41, 5.74) is 0. The highest BCUT2D eigenvalue weighted by Crippen LogP contribution is 2.40. The van der Waals surface area contributed by atoms with E-state index in [0.717, 1.165) is 25.3 Å². The molecule has 2 aliphatic rings. The Labute approximate surface area is 183 Å². The van der Waals surface area contributed by atoms with Gasteiger partial charge in [-0.3, -0.25) is 4.79 Å². The van der Waals surface area contributed by atoms with Crippen LogP contribution in [0, 0.1) is 17.8 Å². The molecule has 2 aliphatic carbocycles. The second-order valence-corrected chi connectivity index (χ2v) is 9.32. The van der Waals surface area contributed by atoms with Gasteiger partial charge in [-0.1, -0.05) is 51.4 Å². The SMILES string of the molecule is O=C(NCCOCCOCCCCCCCl)C(C1CCCCC1)C1CCCCC1. The summed E-state index contributed by atoms with van der Waals surface area (Å²) in [5.74, 6) is 2.49. The third-order valence-electron chi connectivity index (χ3n) is 6.71. The number of halogens is 1. The average molecular weight is 430 g/mol. The molecular formula is C24H44ClNO3. The molecule has 0 aliphatic heterocycles. The lowest BCUT2D eigenvalue weighted by Gasteiger charge is -2.36. The van der Waals surface area contributed by atoms with Crippen LogP contribution < -0.4 is 5.32 Å². The Hall–Kier alpha value is -0.320. The smallest absolute Gasteiger partial charge is 0.223 e. The zero-order chi connectivity index (χ0) is 20.6. The van der Waals surface area contributed by atoms with E-state index in [0.29, 0.717) is 44.1 Å². The zero-order valence-corrected chi connectivity index (χ0v) is 19.2. The number of amides is 1. The van der Waals surface area contributed by atoms with Crippen molar-refractivity contribution in [3.63, 3.8) is 0 Å². The van der Waals surface area contributed by atoms with Crippen LogP contribution in [-0.2, 0) is 14.3 Å². The molecule has 2 saturated carbocycles. The van der Waals surface area contributed by atoms with E-state index in [1.54, 1.807) is 0 Å². The third-order valence-corrected chi connectivity index (χ3v) is 6.98. The summed E-state index contributed by atoms with van der Waals surface area (Å²) in [6.07, 6.45) is 17.4. The fourth-order valence-corrected chi connectivity index (χ4v) is 5.33. The minimum absolute atomic E-state index is 0.234. The van der Waals surface area contributed by atoms with Gasteiger partial charge in [-0.25, -0.2) is 0 Å². The molecule has 0 aromatic heterocycles. The fraction of sp³-hybridized carbons (Fsp3) is 0.958. The van der Waals surface area contributed by atoms with Crippen molar-refractivity contribution in [2.45, 2.75) is 89.9 Å². The Morgan fingerprint density at radius 2 is 1.31 bits per heavy atom. The molecule has 0 spiro atoms. The van der Waals surface area contributed by atoms with Crippen molar-refractivity contribution in [3.8, 4) is 0 Å². The van der Waals surface area contributed by atoms with Gasteiger partial charge in [-0.15, -0.1) is 11.6 Å². The van der Waals surface area contributed by atoms with E-state index < -0.39 is 0 Å². The summed E-state index contributed by atoms with van der Waals surface area (Å²) in [4.78, 5) is 13.0. The maximum Gasteiger partial charge on any atom is 0.223 e. The van der Waals surface area contributed by atoms with Crippen LogP contribution in [0.1, 0.15) is 89.9 Å². The van der Waals surface area contributed by atoms with Crippen LogP contribution in [0.2, 0.25) is 0 Å². The first-order chi connectivity index (χ1) is 14.3. The molecule has 170 valence electrons. The maximum absolute atomic E-state index is 13.0. The number of unbranched alkanes of at least 4 members (excludes halogenated alkanes) is 3. The molecule has 0 aromatic rings. The Morgan fingerprint density at radius 3 is 1.90 bits per heavy atom. The molecule has 0 bridgehead atoms. The molecule has 1 N–H and O–H groups in total. The van der Waals surface area contributed by atoms with Crippen LogP contribution in [0.5, 0.6) is 0 Å². The highest BCUT2D eigenvalue weighted by Gasteiger charge is 2.36. The number of hydrogen-bond acceptors (Lipinski definition) is 3. The molecule has 2 fully saturated rings. The van der Waals surface area contributed by atoms with Gasteiger partial charge in [-0.05, 0) is 50.4 Å². The minimum atomic E-state index is 0.234. The number of alkyl halides is 1. The van der Waals surface area contributed by atoms with Crippen LogP contribution in [0.4, 0.5) is 0 Å². The van der Waals surface area contributed by atoms with Crippen molar-refractivity contribution in [2.75, 3.05) is 38.9 Å². The second kappa shape index (κ2) is 16.4. The molecule has 2 rings (SSSR count). The van der Waals surface area contributed by atoms with Gasteiger partial charge in [-0.2, -0.15) is 0 Å². The Bertz CT molecular complexity index is 391. The summed E-state index contributed by atoms with van der Waals surface area (Å²) in [6.45, 7) is 3.23. The Morgan fingerprint density at radius 1 is 0.759 bits per heavy atom. The topological polar surface area (TPSA) is 47.6 Å². The second-order valence-electron chi connectivity index (χ2n) is 8.94. The highest BCUT2D eigenvalue weighted by atomic mass is 35.5. The highest BCUT2D eigenvalue weighted by molar-refractivity contribution is 6.17. The van der Waals surface area contributed by atoms with Gasteiger partial charge in [0.25, 0.3) is 0 Å². The van der Waals surface area contributed by atoms with Gasteiger partial charge in [0.15, 0.2) is 0 Å². The predicted molar refractivity (Wildman–Crippen MR) is 120 cm³/mol. The summed E-state index contributed by atoms with van der Waals surface area (Å²) in [5, 5.41) is 3.19. The van der Waals surface area contributed by atoms with Crippen LogP contribution in [0.15, 0.2) is 0 Å². The van der Waals surface area contributed by atoms with Gasteiger partial charge < -0.3 is 14.8 Å². The normalized spacial score (nSPS) is 19.0. The van der Waals surface area contributed by atoms with Gasteiger partial charge in [0.2, 0.25) is 5.91 Å². The lowest BCUT2D eigenvalue weighted by Crippen LogP contribution is -2.42. The lowest BCUT2D eigenvalue weighted by atomic mass is 9.69. The van der Waals surface area contributed by atoms with E-state index >= 15 is 0 Å². The molecule has 0 heterocycles. The first-order valence-corrected chi connectivity index (χ1v) is 12.9. The van der Waals surface area contributed by atoms with Crippen LogP contribution >= 0.6 is 11.6 Å². The Balaban J connectivity index is 1.55. The van der Waals surface area contributed by atoms with Crippen molar-refractivity contribution in [1.29, 1.82) is 0 Å². The molecule has 1 amide bonds. The molecule has 0 aromatic carbocycles.